The van der Waals surface area contributed by atoms with Crippen LogP contribution >= 0.6 is 11.6 Å². The minimum atomic E-state index is -4.84. The van der Waals surface area contributed by atoms with Crippen molar-refractivity contribution in [2.45, 2.75) is 6.36 Å². The molecule has 0 saturated heterocycles. The fraction of sp³-hybridized carbons (Fsp3) is 0.0714. The van der Waals surface area contributed by atoms with Crippen LogP contribution in [0.2, 0.25) is 5.02 Å². The van der Waals surface area contributed by atoms with Gasteiger partial charge in [0.05, 0.1) is 16.7 Å². The Morgan fingerprint density at radius 3 is 2.38 bits per heavy atom. The lowest BCUT2D eigenvalue weighted by molar-refractivity contribution is -0.274. The van der Waals surface area contributed by atoms with Gasteiger partial charge in [-0.15, -0.1) is 13.2 Å². The summed E-state index contributed by atoms with van der Waals surface area (Å²) in [7, 11) is 0. The molecule has 0 atom stereocenters. The standard InChI is InChI=1S/C14H6ClF4NO/c15-12-5-8(2-4-13(12)16)11-6-10(21-14(17,18)19)3-1-9(11)7-20/h1-6H. The highest BCUT2D eigenvalue weighted by atomic mass is 35.5. The van der Waals surface area contributed by atoms with Gasteiger partial charge in [0.2, 0.25) is 0 Å². The monoisotopic (exact) mass is 315 g/mol. The molecule has 0 saturated carbocycles. The highest BCUT2D eigenvalue weighted by molar-refractivity contribution is 6.31. The number of alkyl halides is 3. The van der Waals surface area contributed by atoms with E-state index in [1.54, 1.807) is 0 Å². The van der Waals surface area contributed by atoms with Crippen molar-refractivity contribution < 1.29 is 22.3 Å². The first-order valence-electron chi connectivity index (χ1n) is 5.55. The van der Waals surface area contributed by atoms with Gasteiger partial charge < -0.3 is 4.74 Å². The second kappa shape index (κ2) is 5.62. The first-order chi connectivity index (χ1) is 9.80. The van der Waals surface area contributed by atoms with Gasteiger partial charge in [-0.3, -0.25) is 0 Å². The average Bonchev–Trinajstić information content (AvgIpc) is 2.40. The van der Waals surface area contributed by atoms with E-state index in [4.69, 9.17) is 16.9 Å². The number of rotatable bonds is 2. The normalized spacial score (nSPS) is 11.0. The molecule has 108 valence electrons. The van der Waals surface area contributed by atoms with E-state index in [1.807, 2.05) is 6.07 Å². The zero-order valence-corrected chi connectivity index (χ0v) is 11.0. The fourth-order valence-corrected chi connectivity index (χ4v) is 1.90. The molecule has 0 unspecified atom stereocenters. The van der Waals surface area contributed by atoms with Crippen LogP contribution in [-0.2, 0) is 0 Å². The Hall–Kier alpha value is -2.26. The summed E-state index contributed by atoms with van der Waals surface area (Å²) < 4.78 is 53.6. The lowest BCUT2D eigenvalue weighted by atomic mass is 10.00. The maximum absolute atomic E-state index is 13.1. The molecule has 0 aromatic heterocycles. The summed E-state index contributed by atoms with van der Waals surface area (Å²) in [4.78, 5) is 0. The second-order valence-electron chi connectivity index (χ2n) is 4.00. The van der Waals surface area contributed by atoms with Gasteiger partial charge in [0, 0.05) is 5.56 Å². The minimum Gasteiger partial charge on any atom is -0.406 e. The molecule has 0 amide bonds. The van der Waals surface area contributed by atoms with E-state index in [-0.39, 0.29) is 16.1 Å². The molecule has 0 spiro atoms. The second-order valence-corrected chi connectivity index (χ2v) is 4.40. The average molecular weight is 316 g/mol. The molecule has 0 aliphatic carbocycles. The lowest BCUT2D eigenvalue weighted by Gasteiger charge is -2.11. The molecule has 2 aromatic rings. The van der Waals surface area contributed by atoms with Crippen molar-refractivity contribution in [3.05, 3.63) is 52.8 Å². The minimum absolute atomic E-state index is 0.118. The number of ether oxygens (including phenoxy) is 1. The van der Waals surface area contributed by atoms with Gasteiger partial charge in [-0.05, 0) is 35.9 Å². The first kappa shape index (κ1) is 15.1. The van der Waals surface area contributed by atoms with Crippen molar-refractivity contribution in [1.29, 1.82) is 5.26 Å². The Kier molecular flexibility index (Phi) is 4.05. The molecular formula is C14H6ClF4NO. The molecule has 0 bridgehead atoms. The molecule has 0 aliphatic rings. The van der Waals surface area contributed by atoms with Gasteiger partial charge in [-0.2, -0.15) is 5.26 Å². The van der Waals surface area contributed by atoms with Gasteiger partial charge in [0.15, 0.2) is 0 Å². The number of halogens is 5. The molecule has 0 fully saturated rings. The van der Waals surface area contributed by atoms with E-state index in [9.17, 15) is 17.6 Å². The van der Waals surface area contributed by atoms with Crippen molar-refractivity contribution in [2.24, 2.45) is 0 Å². The smallest absolute Gasteiger partial charge is 0.406 e. The summed E-state index contributed by atoms with van der Waals surface area (Å²) >= 11 is 5.64. The molecule has 2 nitrogen and oxygen atoms in total. The van der Waals surface area contributed by atoms with E-state index < -0.39 is 17.9 Å². The number of benzene rings is 2. The van der Waals surface area contributed by atoms with Gasteiger partial charge in [0.1, 0.15) is 11.6 Å². The number of hydrogen-bond acceptors (Lipinski definition) is 2. The SMILES string of the molecule is N#Cc1ccc(OC(F)(F)F)cc1-c1ccc(F)c(Cl)c1. The summed E-state index contributed by atoms with van der Waals surface area (Å²) in [5, 5.41) is 8.81. The number of nitrogens with zero attached hydrogens (tertiary/aromatic N) is 1. The summed E-state index contributed by atoms with van der Waals surface area (Å²) in [6, 6.07) is 8.72. The van der Waals surface area contributed by atoms with Crippen molar-refractivity contribution in [3.63, 3.8) is 0 Å². The van der Waals surface area contributed by atoms with Crippen LogP contribution in [0.3, 0.4) is 0 Å². The van der Waals surface area contributed by atoms with Crippen LogP contribution in [-0.4, -0.2) is 6.36 Å². The van der Waals surface area contributed by atoms with Gasteiger partial charge in [0.25, 0.3) is 0 Å². The molecule has 2 rings (SSSR count). The predicted molar refractivity (Wildman–Crippen MR) is 68.2 cm³/mol. The van der Waals surface area contributed by atoms with Crippen LogP contribution in [0, 0.1) is 17.1 Å². The van der Waals surface area contributed by atoms with E-state index in [2.05, 4.69) is 4.74 Å². The summed E-state index contributed by atoms with van der Waals surface area (Å²) in [6.45, 7) is 0. The van der Waals surface area contributed by atoms with Crippen molar-refractivity contribution in [3.8, 4) is 22.9 Å². The number of hydrogen-bond donors (Lipinski definition) is 0. The Morgan fingerprint density at radius 1 is 1.10 bits per heavy atom. The summed E-state index contributed by atoms with van der Waals surface area (Å²) in [5.74, 6) is -1.14. The van der Waals surface area contributed by atoms with Crippen LogP contribution in [0.25, 0.3) is 11.1 Å². The van der Waals surface area contributed by atoms with Crippen LogP contribution in [0.4, 0.5) is 17.6 Å². The van der Waals surface area contributed by atoms with Gasteiger partial charge in [-0.25, -0.2) is 4.39 Å². The number of nitriles is 1. The summed E-state index contributed by atoms with van der Waals surface area (Å²) in [6.07, 6.45) is -4.84. The van der Waals surface area contributed by atoms with E-state index in [0.29, 0.717) is 5.56 Å². The third-order valence-electron chi connectivity index (χ3n) is 2.58. The predicted octanol–water partition coefficient (Wildman–Crippen LogP) is 4.92. The van der Waals surface area contributed by atoms with Crippen molar-refractivity contribution >= 4 is 11.6 Å². The molecule has 0 heterocycles. The molecule has 0 radical (unpaired) electrons. The maximum Gasteiger partial charge on any atom is 0.573 e. The highest BCUT2D eigenvalue weighted by Crippen LogP contribution is 2.32. The van der Waals surface area contributed by atoms with E-state index >= 15 is 0 Å². The third kappa shape index (κ3) is 3.64. The van der Waals surface area contributed by atoms with Crippen LogP contribution < -0.4 is 4.74 Å². The Bertz CT molecular complexity index is 722. The maximum atomic E-state index is 13.1. The third-order valence-corrected chi connectivity index (χ3v) is 2.87. The quantitative estimate of drug-likeness (QED) is 0.737. The van der Waals surface area contributed by atoms with Crippen LogP contribution in [0.1, 0.15) is 5.56 Å². The Labute approximate surface area is 122 Å². The van der Waals surface area contributed by atoms with E-state index in [1.165, 1.54) is 18.2 Å². The molecule has 7 heteroatoms. The molecule has 21 heavy (non-hydrogen) atoms. The summed E-state index contributed by atoms with van der Waals surface area (Å²) in [5.41, 5.74) is 0.596. The molecule has 0 aliphatic heterocycles. The Balaban J connectivity index is 2.52. The first-order valence-corrected chi connectivity index (χ1v) is 5.93. The highest BCUT2D eigenvalue weighted by Gasteiger charge is 2.31. The fourth-order valence-electron chi connectivity index (χ4n) is 1.72. The molecule has 0 N–H and O–H groups in total. The molecule has 2 aromatic carbocycles. The van der Waals surface area contributed by atoms with Crippen molar-refractivity contribution in [1.82, 2.24) is 0 Å². The van der Waals surface area contributed by atoms with Crippen LogP contribution in [0.15, 0.2) is 36.4 Å². The van der Waals surface area contributed by atoms with Gasteiger partial charge >= 0.3 is 6.36 Å². The lowest BCUT2D eigenvalue weighted by Crippen LogP contribution is -2.17. The molecular weight excluding hydrogens is 310 g/mol. The van der Waals surface area contributed by atoms with Gasteiger partial charge in [-0.1, -0.05) is 17.7 Å². The largest absolute Gasteiger partial charge is 0.573 e. The van der Waals surface area contributed by atoms with Crippen LogP contribution in [0.5, 0.6) is 5.75 Å². The Morgan fingerprint density at radius 2 is 1.81 bits per heavy atom. The zero-order valence-electron chi connectivity index (χ0n) is 10.2. The zero-order chi connectivity index (χ0) is 15.6. The van der Waals surface area contributed by atoms with Crippen molar-refractivity contribution in [2.75, 3.05) is 0 Å². The topological polar surface area (TPSA) is 33.0 Å². The van der Waals surface area contributed by atoms with E-state index in [0.717, 1.165) is 18.2 Å².